The molecule has 0 aliphatic carbocycles. The van der Waals surface area contributed by atoms with Crippen LogP contribution in [0.5, 0.6) is 5.88 Å². The zero-order valence-electron chi connectivity index (χ0n) is 15.6. The van der Waals surface area contributed by atoms with E-state index in [2.05, 4.69) is 25.7 Å². The second-order valence-electron chi connectivity index (χ2n) is 6.11. The number of hydrogen-bond donors (Lipinski definition) is 2. The van der Waals surface area contributed by atoms with Gasteiger partial charge >= 0.3 is 6.03 Å². The fourth-order valence-corrected chi connectivity index (χ4v) is 2.61. The summed E-state index contributed by atoms with van der Waals surface area (Å²) in [5, 5.41) is 10.0. The summed E-state index contributed by atoms with van der Waals surface area (Å²) in [5.41, 5.74) is 3.79. The molecule has 0 fully saturated rings. The zero-order valence-corrected chi connectivity index (χ0v) is 15.6. The van der Waals surface area contributed by atoms with Crippen LogP contribution >= 0.6 is 0 Å². The van der Waals surface area contributed by atoms with Gasteiger partial charge in [-0.05, 0) is 43.2 Å². The van der Waals surface area contributed by atoms with E-state index in [1.807, 2.05) is 38.1 Å². The van der Waals surface area contributed by atoms with Gasteiger partial charge in [-0.15, -0.1) is 0 Å². The third-order valence-electron chi connectivity index (χ3n) is 3.95. The van der Waals surface area contributed by atoms with Crippen LogP contribution in [-0.4, -0.2) is 32.9 Å². The molecule has 2 amide bonds. The highest BCUT2D eigenvalue weighted by molar-refractivity contribution is 5.73. The van der Waals surface area contributed by atoms with Crippen LogP contribution in [0, 0.1) is 13.8 Å². The van der Waals surface area contributed by atoms with Crippen molar-refractivity contribution >= 4 is 6.03 Å². The molecule has 0 saturated carbocycles. The van der Waals surface area contributed by atoms with E-state index >= 15 is 0 Å². The number of aryl methyl sites for hydroxylation is 2. The Morgan fingerprint density at radius 2 is 1.85 bits per heavy atom. The smallest absolute Gasteiger partial charge is 0.315 e. The second kappa shape index (κ2) is 8.31. The number of methoxy groups -OCH3 is 1. The highest BCUT2D eigenvalue weighted by Crippen LogP contribution is 2.10. The molecule has 3 aromatic rings. The summed E-state index contributed by atoms with van der Waals surface area (Å²) >= 11 is 0. The van der Waals surface area contributed by atoms with Gasteiger partial charge in [0.2, 0.25) is 5.88 Å². The molecule has 0 saturated heterocycles. The Balaban J connectivity index is 1.50. The molecule has 0 aliphatic rings. The molecule has 3 rings (SSSR count). The normalized spacial score (nSPS) is 10.5. The lowest BCUT2D eigenvalue weighted by Crippen LogP contribution is -2.34. The molecule has 0 bridgehead atoms. The first kappa shape index (κ1) is 18.4. The summed E-state index contributed by atoms with van der Waals surface area (Å²) in [5.74, 6) is 1.27. The molecule has 0 aromatic carbocycles. The number of hydrogen-bond acceptors (Lipinski definition) is 5. The van der Waals surface area contributed by atoms with Gasteiger partial charge in [-0.3, -0.25) is 0 Å². The van der Waals surface area contributed by atoms with Crippen LogP contribution in [0.25, 0.3) is 5.82 Å². The van der Waals surface area contributed by atoms with Crippen LogP contribution in [0.1, 0.15) is 22.5 Å². The van der Waals surface area contributed by atoms with E-state index in [0.29, 0.717) is 19.0 Å². The molecule has 3 heterocycles. The molecule has 0 radical (unpaired) electrons. The Labute approximate surface area is 157 Å². The number of carbonyl (C=O) groups excluding carboxylic acids is 1. The van der Waals surface area contributed by atoms with Crippen LogP contribution in [-0.2, 0) is 13.1 Å². The van der Waals surface area contributed by atoms with Gasteiger partial charge in [0.1, 0.15) is 0 Å². The van der Waals surface area contributed by atoms with Crippen LogP contribution in [0.4, 0.5) is 4.79 Å². The maximum atomic E-state index is 12.0. The number of ether oxygens (including phenoxy) is 1. The van der Waals surface area contributed by atoms with Gasteiger partial charge in [-0.25, -0.2) is 19.4 Å². The maximum Gasteiger partial charge on any atom is 0.315 e. The Morgan fingerprint density at radius 3 is 2.48 bits per heavy atom. The predicted octanol–water partition coefficient (Wildman–Crippen LogP) is 2.29. The summed E-state index contributed by atoms with van der Waals surface area (Å²) in [4.78, 5) is 20.4. The van der Waals surface area contributed by atoms with Gasteiger partial charge in [0.05, 0.1) is 12.8 Å². The van der Waals surface area contributed by atoms with E-state index in [1.165, 1.54) is 0 Å². The topological polar surface area (TPSA) is 94.0 Å². The van der Waals surface area contributed by atoms with Gasteiger partial charge in [0.15, 0.2) is 5.82 Å². The molecule has 3 aromatic heterocycles. The highest BCUT2D eigenvalue weighted by atomic mass is 16.5. The third kappa shape index (κ3) is 4.81. The number of aromatic nitrogens is 4. The average Bonchev–Trinajstić information content (AvgIpc) is 3.03. The lowest BCUT2D eigenvalue weighted by Gasteiger charge is -2.09. The van der Waals surface area contributed by atoms with Gasteiger partial charge in [0, 0.05) is 37.2 Å². The molecule has 8 heteroatoms. The lowest BCUT2D eigenvalue weighted by atomic mass is 10.2. The molecule has 0 unspecified atom stereocenters. The average molecular weight is 366 g/mol. The van der Waals surface area contributed by atoms with Crippen molar-refractivity contribution in [3.63, 3.8) is 0 Å². The van der Waals surface area contributed by atoms with Gasteiger partial charge < -0.3 is 15.4 Å². The predicted molar refractivity (Wildman–Crippen MR) is 101 cm³/mol. The Bertz CT molecular complexity index is 920. The number of carbonyl (C=O) groups is 1. The van der Waals surface area contributed by atoms with Gasteiger partial charge in [-0.1, -0.05) is 6.07 Å². The molecule has 0 spiro atoms. The van der Waals surface area contributed by atoms with Gasteiger partial charge in [-0.2, -0.15) is 5.10 Å². The van der Waals surface area contributed by atoms with Crippen LogP contribution in [0.15, 0.2) is 42.7 Å². The minimum atomic E-state index is -0.256. The summed E-state index contributed by atoms with van der Waals surface area (Å²) in [6.07, 6.45) is 3.38. The molecular formula is C19H22N6O2. The van der Waals surface area contributed by atoms with Crippen molar-refractivity contribution in [3.8, 4) is 11.7 Å². The number of nitrogens with one attached hydrogen (secondary N) is 2. The van der Waals surface area contributed by atoms with E-state index in [1.54, 1.807) is 30.3 Å². The van der Waals surface area contributed by atoms with Crippen molar-refractivity contribution in [3.05, 3.63) is 65.2 Å². The van der Waals surface area contributed by atoms with Crippen LogP contribution in [0.3, 0.4) is 0 Å². The quantitative estimate of drug-likeness (QED) is 0.698. The Hall–Kier alpha value is -3.42. The first-order valence-electron chi connectivity index (χ1n) is 8.54. The number of amides is 2. The Morgan fingerprint density at radius 1 is 1.07 bits per heavy atom. The third-order valence-corrected chi connectivity index (χ3v) is 3.95. The largest absolute Gasteiger partial charge is 0.481 e. The Kier molecular flexibility index (Phi) is 5.65. The fourth-order valence-electron chi connectivity index (χ4n) is 2.61. The van der Waals surface area contributed by atoms with Crippen LogP contribution < -0.4 is 15.4 Å². The minimum absolute atomic E-state index is 0.256. The summed E-state index contributed by atoms with van der Waals surface area (Å²) in [6.45, 7) is 4.71. The second-order valence-corrected chi connectivity index (χ2v) is 6.11. The number of rotatable bonds is 6. The SMILES string of the molecule is COc1cc(CNC(=O)NCc2ccc(-n3nc(C)cc3C)nc2)ccn1. The van der Waals surface area contributed by atoms with Crippen molar-refractivity contribution < 1.29 is 9.53 Å². The zero-order chi connectivity index (χ0) is 19.2. The van der Waals surface area contributed by atoms with Gasteiger partial charge in [0.25, 0.3) is 0 Å². The molecule has 140 valence electrons. The molecule has 2 N–H and O–H groups in total. The summed E-state index contributed by atoms with van der Waals surface area (Å²) in [6, 6.07) is 9.16. The molecule has 0 atom stereocenters. The van der Waals surface area contributed by atoms with E-state index in [9.17, 15) is 4.79 Å². The first-order valence-corrected chi connectivity index (χ1v) is 8.54. The van der Waals surface area contributed by atoms with Crippen molar-refractivity contribution in [1.82, 2.24) is 30.4 Å². The minimum Gasteiger partial charge on any atom is -0.481 e. The molecular weight excluding hydrogens is 344 g/mol. The van der Waals surface area contributed by atoms with E-state index in [4.69, 9.17) is 4.74 Å². The van der Waals surface area contributed by atoms with E-state index < -0.39 is 0 Å². The maximum absolute atomic E-state index is 12.0. The first-order chi connectivity index (χ1) is 13.0. The van der Waals surface area contributed by atoms with Crippen molar-refractivity contribution in [2.75, 3.05) is 7.11 Å². The van der Waals surface area contributed by atoms with E-state index in [-0.39, 0.29) is 6.03 Å². The number of pyridine rings is 2. The lowest BCUT2D eigenvalue weighted by molar-refractivity contribution is 0.240. The summed E-state index contributed by atoms with van der Waals surface area (Å²) < 4.78 is 6.86. The van der Waals surface area contributed by atoms with E-state index in [0.717, 1.165) is 28.3 Å². The summed E-state index contributed by atoms with van der Waals surface area (Å²) in [7, 11) is 1.56. The highest BCUT2D eigenvalue weighted by Gasteiger charge is 2.06. The standard InChI is InChI=1S/C19H22N6O2/c1-13-8-14(2)25(24-13)17-5-4-16(11-21-17)12-23-19(26)22-10-15-6-7-20-18(9-15)27-3/h4-9,11H,10,12H2,1-3H3,(H2,22,23,26). The fraction of sp³-hybridized carbons (Fsp3) is 0.263. The molecule has 8 nitrogen and oxygen atoms in total. The van der Waals surface area contributed by atoms with Crippen molar-refractivity contribution in [2.24, 2.45) is 0 Å². The number of urea groups is 1. The van der Waals surface area contributed by atoms with Crippen molar-refractivity contribution in [1.29, 1.82) is 0 Å². The van der Waals surface area contributed by atoms with Crippen molar-refractivity contribution in [2.45, 2.75) is 26.9 Å². The monoisotopic (exact) mass is 366 g/mol. The molecule has 27 heavy (non-hydrogen) atoms. The molecule has 0 aliphatic heterocycles. The number of nitrogens with zero attached hydrogens (tertiary/aromatic N) is 4. The van der Waals surface area contributed by atoms with Crippen LogP contribution in [0.2, 0.25) is 0 Å².